The molecule has 158 valence electrons. The van der Waals surface area contributed by atoms with Gasteiger partial charge in [0.2, 0.25) is 5.91 Å². The van der Waals surface area contributed by atoms with Crippen LogP contribution in [0.4, 0.5) is 5.69 Å². The molecule has 0 aliphatic rings. The Labute approximate surface area is 180 Å². The van der Waals surface area contributed by atoms with Crippen LogP contribution in [0.25, 0.3) is 16.7 Å². The Morgan fingerprint density at radius 3 is 2.45 bits per heavy atom. The number of fused-ring (bicyclic) bond motifs is 1. The van der Waals surface area contributed by atoms with Gasteiger partial charge in [0, 0.05) is 5.69 Å². The second kappa shape index (κ2) is 8.55. The van der Waals surface area contributed by atoms with Crippen molar-refractivity contribution in [2.45, 2.75) is 40.2 Å². The SMILES string of the molecule is CCCc1ccc(NC(=O)Cn2cnc3c(cnn3-c3cc(C)cc(C)c3)c2=O)cc1. The Kier molecular flexibility index (Phi) is 5.66. The molecule has 31 heavy (non-hydrogen) atoms. The second-order valence-corrected chi connectivity index (χ2v) is 7.81. The van der Waals surface area contributed by atoms with Crippen LogP contribution in [0.15, 0.2) is 59.8 Å². The Bertz CT molecular complexity index is 1280. The lowest BCUT2D eigenvalue weighted by Gasteiger charge is -2.09. The molecule has 4 aromatic rings. The summed E-state index contributed by atoms with van der Waals surface area (Å²) in [6, 6.07) is 13.8. The first-order valence-electron chi connectivity index (χ1n) is 10.3. The van der Waals surface area contributed by atoms with E-state index in [0.29, 0.717) is 16.7 Å². The van der Waals surface area contributed by atoms with Crippen molar-refractivity contribution in [3.05, 3.63) is 82.0 Å². The molecule has 7 heteroatoms. The van der Waals surface area contributed by atoms with E-state index in [4.69, 9.17) is 0 Å². The molecule has 0 aliphatic heterocycles. The van der Waals surface area contributed by atoms with Crippen LogP contribution in [0.5, 0.6) is 0 Å². The normalized spacial score (nSPS) is 11.1. The molecule has 0 spiro atoms. The molecule has 0 radical (unpaired) electrons. The number of anilines is 1. The van der Waals surface area contributed by atoms with Crippen molar-refractivity contribution in [3.63, 3.8) is 0 Å². The van der Waals surface area contributed by atoms with Crippen LogP contribution in [0.3, 0.4) is 0 Å². The molecule has 0 atom stereocenters. The predicted octanol–water partition coefficient (Wildman–Crippen LogP) is 3.79. The monoisotopic (exact) mass is 415 g/mol. The minimum atomic E-state index is -0.297. The first kappa shape index (κ1) is 20.5. The lowest BCUT2D eigenvalue weighted by Crippen LogP contribution is -2.27. The maximum atomic E-state index is 12.9. The molecule has 0 aliphatic carbocycles. The predicted molar refractivity (Wildman–Crippen MR) is 122 cm³/mol. The summed E-state index contributed by atoms with van der Waals surface area (Å²) in [7, 11) is 0. The van der Waals surface area contributed by atoms with E-state index in [1.165, 1.54) is 22.7 Å². The van der Waals surface area contributed by atoms with Crippen LogP contribution in [0, 0.1) is 13.8 Å². The van der Waals surface area contributed by atoms with Crippen molar-refractivity contribution in [2.75, 3.05) is 5.32 Å². The molecular formula is C24H25N5O2. The van der Waals surface area contributed by atoms with Gasteiger partial charge in [0.15, 0.2) is 5.65 Å². The van der Waals surface area contributed by atoms with E-state index in [2.05, 4.69) is 28.4 Å². The topological polar surface area (TPSA) is 81.8 Å². The molecular weight excluding hydrogens is 390 g/mol. The van der Waals surface area contributed by atoms with Crippen molar-refractivity contribution in [1.82, 2.24) is 19.3 Å². The second-order valence-electron chi connectivity index (χ2n) is 7.81. The fourth-order valence-corrected chi connectivity index (χ4v) is 3.72. The summed E-state index contributed by atoms with van der Waals surface area (Å²) in [6.45, 7) is 6.04. The van der Waals surface area contributed by atoms with Gasteiger partial charge < -0.3 is 5.32 Å². The van der Waals surface area contributed by atoms with Crippen LogP contribution >= 0.6 is 0 Å². The lowest BCUT2D eigenvalue weighted by molar-refractivity contribution is -0.116. The molecule has 4 rings (SSSR count). The number of hydrogen-bond acceptors (Lipinski definition) is 4. The highest BCUT2D eigenvalue weighted by Gasteiger charge is 2.14. The third-order valence-corrected chi connectivity index (χ3v) is 5.10. The highest BCUT2D eigenvalue weighted by Crippen LogP contribution is 2.17. The number of nitrogens with one attached hydrogen (secondary N) is 1. The fourth-order valence-electron chi connectivity index (χ4n) is 3.72. The summed E-state index contributed by atoms with van der Waals surface area (Å²) in [5.74, 6) is -0.284. The van der Waals surface area contributed by atoms with E-state index in [9.17, 15) is 9.59 Å². The van der Waals surface area contributed by atoms with Crippen molar-refractivity contribution in [2.24, 2.45) is 0 Å². The first-order valence-corrected chi connectivity index (χ1v) is 10.3. The first-order chi connectivity index (χ1) is 14.9. The number of rotatable bonds is 6. The van der Waals surface area contributed by atoms with Gasteiger partial charge in [-0.3, -0.25) is 14.2 Å². The number of aryl methyl sites for hydroxylation is 3. The van der Waals surface area contributed by atoms with Gasteiger partial charge in [-0.05, 0) is 61.2 Å². The zero-order valence-corrected chi connectivity index (χ0v) is 17.9. The van der Waals surface area contributed by atoms with Crippen LogP contribution < -0.4 is 10.9 Å². The summed E-state index contributed by atoms with van der Waals surface area (Å²) >= 11 is 0. The summed E-state index contributed by atoms with van der Waals surface area (Å²) in [6.07, 6.45) is 4.98. The number of hydrogen-bond donors (Lipinski definition) is 1. The third-order valence-electron chi connectivity index (χ3n) is 5.10. The minimum Gasteiger partial charge on any atom is -0.325 e. The van der Waals surface area contributed by atoms with E-state index < -0.39 is 0 Å². The average Bonchev–Trinajstić information content (AvgIpc) is 3.16. The summed E-state index contributed by atoms with van der Waals surface area (Å²) in [5.41, 5.74) is 5.16. The molecule has 0 saturated heterocycles. The zero-order chi connectivity index (χ0) is 22.0. The van der Waals surface area contributed by atoms with Crippen molar-refractivity contribution < 1.29 is 4.79 Å². The third kappa shape index (κ3) is 4.40. The van der Waals surface area contributed by atoms with E-state index in [0.717, 1.165) is 29.7 Å². The number of carbonyl (C=O) groups is 1. The number of amides is 1. The minimum absolute atomic E-state index is 0.118. The standard InChI is InChI=1S/C24H25N5O2/c1-4-5-18-6-8-19(9-7-18)27-22(30)14-28-15-25-23-21(24(28)31)13-26-29(23)20-11-16(2)10-17(3)12-20/h6-13,15H,4-5,14H2,1-3H3,(H,27,30). The maximum absolute atomic E-state index is 12.9. The zero-order valence-electron chi connectivity index (χ0n) is 17.9. The van der Waals surface area contributed by atoms with Crippen molar-refractivity contribution in [3.8, 4) is 5.69 Å². The lowest BCUT2D eigenvalue weighted by atomic mass is 10.1. The summed E-state index contributed by atoms with van der Waals surface area (Å²) in [4.78, 5) is 29.8. The van der Waals surface area contributed by atoms with E-state index in [1.54, 1.807) is 4.68 Å². The molecule has 1 amide bonds. The highest BCUT2D eigenvalue weighted by atomic mass is 16.2. The van der Waals surface area contributed by atoms with Gasteiger partial charge in [0.25, 0.3) is 5.56 Å². The summed E-state index contributed by atoms with van der Waals surface area (Å²) < 4.78 is 2.95. The molecule has 0 fully saturated rings. The van der Waals surface area contributed by atoms with Crippen LogP contribution in [0.2, 0.25) is 0 Å². The average molecular weight is 415 g/mol. The van der Waals surface area contributed by atoms with Crippen LogP contribution in [0.1, 0.15) is 30.0 Å². The Balaban J connectivity index is 1.56. The van der Waals surface area contributed by atoms with Gasteiger partial charge >= 0.3 is 0 Å². The van der Waals surface area contributed by atoms with Crippen molar-refractivity contribution >= 4 is 22.6 Å². The van der Waals surface area contributed by atoms with Crippen LogP contribution in [-0.4, -0.2) is 25.2 Å². The molecule has 0 saturated carbocycles. The van der Waals surface area contributed by atoms with Gasteiger partial charge in [0.05, 0.1) is 11.9 Å². The van der Waals surface area contributed by atoms with Crippen LogP contribution in [-0.2, 0) is 17.8 Å². The molecule has 1 N–H and O–H groups in total. The Morgan fingerprint density at radius 2 is 1.77 bits per heavy atom. The smallest absolute Gasteiger partial charge is 0.264 e. The van der Waals surface area contributed by atoms with Gasteiger partial charge in [0.1, 0.15) is 18.3 Å². The van der Waals surface area contributed by atoms with Gasteiger partial charge in [-0.1, -0.05) is 31.5 Å². The molecule has 2 aromatic heterocycles. The van der Waals surface area contributed by atoms with Gasteiger partial charge in [-0.15, -0.1) is 0 Å². The fraction of sp³-hybridized carbons (Fsp3) is 0.250. The number of aromatic nitrogens is 4. The quantitative estimate of drug-likeness (QED) is 0.519. The largest absolute Gasteiger partial charge is 0.325 e. The van der Waals surface area contributed by atoms with E-state index in [1.807, 2.05) is 50.2 Å². The Hall–Kier alpha value is -3.74. The molecule has 2 aromatic carbocycles. The number of carbonyl (C=O) groups excluding carboxylic acids is 1. The molecule has 0 bridgehead atoms. The highest BCUT2D eigenvalue weighted by molar-refractivity contribution is 5.90. The van der Waals surface area contributed by atoms with E-state index >= 15 is 0 Å². The summed E-state index contributed by atoms with van der Waals surface area (Å²) in [5, 5.41) is 7.56. The molecule has 0 unspecified atom stereocenters. The van der Waals surface area contributed by atoms with Gasteiger partial charge in [-0.25, -0.2) is 9.67 Å². The van der Waals surface area contributed by atoms with Crippen molar-refractivity contribution in [1.29, 1.82) is 0 Å². The molecule has 2 heterocycles. The maximum Gasteiger partial charge on any atom is 0.264 e. The molecule has 7 nitrogen and oxygen atoms in total. The number of benzene rings is 2. The van der Waals surface area contributed by atoms with E-state index in [-0.39, 0.29) is 18.0 Å². The Morgan fingerprint density at radius 1 is 1.06 bits per heavy atom. The van der Waals surface area contributed by atoms with Gasteiger partial charge in [-0.2, -0.15) is 5.10 Å². The number of nitrogens with zero attached hydrogens (tertiary/aromatic N) is 4.